The molecular weight excluding hydrogens is 416 g/mol. The first-order valence-corrected chi connectivity index (χ1v) is 10.8. The predicted octanol–water partition coefficient (Wildman–Crippen LogP) is 3.07. The molecule has 0 spiro atoms. The molecule has 174 valence electrons. The molecule has 9 nitrogen and oxygen atoms in total. The monoisotopic (exact) mass is 446 g/mol. The Bertz CT molecular complexity index is 1000. The van der Waals surface area contributed by atoms with Gasteiger partial charge in [-0.05, 0) is 58.6 Å². The number of nitro groups is 1. The molecule has 9 heteroatoms. The number of nitrogens with zero attached hydrogens (tertiary/aromatic N) is 1. The lowest BCUT2D eigenvalue weighted by Crippen LogP contribution is -2.54. The van der Waals surface area contributed by atoms with Gasteiger partial charge in [-0.3, -0.25) is 19.7 Å². The van der Waals surface area contributed by atoms with E-state index >= 15 is 0 Å². The van der Waals surface area contributed by atoms with E-state index in [2.05, 4.69) is 4.98 Å². The van der Waals surface area contributed by atoms with Gasteiger partial charge >= 0.3 is 11.9 Å². The van der Waals surface area contributed by atoms with Gasteiger partial charge in [-0.15, -0.1) is 0 Å². The zero-order chi connectivity index (χ0) is 23.8. The normalized spacial score (nSPS) is 20.8. The van der Waals surface area contributed by atoms with Crippen LogP contribution in [0.15, 0.2) is 24.3 Å². The van der Waals surface area contributed by atoms with Gasteiger partial charge in [-0.25, -0.2) is 0 Å². The molecule has 3 atom stereocenters. The SMILES string of the molecule is CC(C)OC(=O)C1(C(=O)OC(C)C)CC(C(C)O)C(C[N+](=O)[O-])c2c1[nH]c1ccccc21. The van der Waals surface area contributed by atoms with Crippen LogP contribution in [0.25, 0.3) is 10.9 Å². The molecule has 0 radical (unpaired) electrons. The summed E-state index contributed by atoms with van der Waals surface area (Å²) in [5.74, 6) is -3.04. The fourth-order valence-corrected chi connectivity index (χ4v) is 4.67. The molecule has 0 fully saturated rings. The molecule has 1 aliphatic carbocycles. The van der Waals surface area contributed by atoms with E-state index in [-0.39, 0.29) is 12.1 Å². The minimum absolute atomic E-state index is 0.167. The number of aromatic nitrogens is 1. The Kier molecular flexibility index (Phi) is 6.59. The van der Waals surface area contributed by atoms with Gasteiger partial charge in [0.25, 0.3) is 0 Å². The molecule has 1 aromatic heterocycles. The van der Waals surface area contributed by atoms with Gasteiger partial charge in [0.1, 0.15) is 0 Å². The summed E-state index contributed by atoms with van der Waals surface area (Å²) in [6.45, 7) is 7.78. The summed E-state index contributed by atoms with van der Waals surface area (Å²) in [5.41, 5.74) is -0.511. The highest BCUT2D eigenvalue weighted by Crippen LogP contribution is 2.51. The fourth-order valence-electron chi connectivity index (χ4n) is 4.67. The second kappa shape index (κ2) is 8.90. The third kappa shape index (κ3) is 4.09. The molecular formula is C23H30N2O7. The van der Waals surface area contributed by atoms with Crippen molar-refractivity contribution in [2.45, 2.75) is 70.7 Å². The minimum Gasteiger partial charge on any atom is -0.462 e. The third-order valence-corrected chi connectivity index (χ3v) is 5.95. The lowest BCUT2D eigenvalue weighted by molar-refractivity contribution is -0.485. The van der Waals surface area contributed by atoms with Crippen LogP contribution in [0.1, 0.15) is 58.2 Å². The number of esters is 2. The summed E-state index contributed by atoms with van der Waals surface area (Å²) in [6, 6.07) is 7.14. The van der Waals surface area contributed by atoms with Crippen LogP contribution >= 0.6 is 0 Å². The number of fused-ring (bicyclic) bond motifs is 3. The lowest BCUT2D eigenvalue weighted by Gasteiger charge is -2.41. The number of carbonyl (C=O) groups is 2. The van der Waals surface area contributed by atoms with E-state index in [0.717, 1.165) is 0 Å². The molecule has 32 heavy (non-hydrogen) atoms. The Morgan fingerprint density at radius 3 is 2.22 bits per heavy atom. The highest BCUT2D eigenvalue weighted by atomic mass is 16.6. The van der Waals surface area contributed by atoms with Gasteiger partial charge in [0.15, 0.2) is 0 Å². The van der Waals surface area contributed by atoms with E-state index in [1.54, 1.807) is 52.0 Å². The number of hydrogen-bond donors (Lipinski definition) is 2. The molecule has 1 heterocycles. The number of benzene rings is 1. The average Bonchev–Trinajstić information content (AvgIpc) is 3.06. The van der Waals surface area contributed by atoms with Gasteiger partial charge in [0.05, 0.1) is 24.2 Å². The van der Waals surface area contributed by atoms with Crippen LogP contribution in [0.4, 0.5) is 0 Å². The second-order valence-electron chi connectivity index (χ2n) is 9.00. The molecule has 1 aromatic carbocycles. The van der Waals surface area contributed by atoms with Gasteiger partial charge in [-0.2, -0.15) is 0 Å². The maximum absolute atomic E-state index is 13.5. The molecule has 1 aliphatic rings. The fraction of sp³-hybridized carbons (Fsp3) is 0.565. The van der Waals surface area contributed by atoms with E-state index in [9.17, 15) is 24.8 Å². The molecule has 0 saturated carbocycles. The van der Waals surface area contributed by atoms with Gasteiger partial charge < -0.3 is 19.6 Å². The summed E-state index contributed by atoms with van der Waals surface area (Å²) in [5, 5.41) is 22.8. The molecule has 0 bridgehead atoms. The van der Waals surface area contributed by atoms with Crippen LogP contribution in [-0.4, -0.2) is 51.8 Å². The second-order valence-corrected chi connectivity index (χ2v) is 9.00. The van der Waals surface area contributed by atoms with Crippen molar-refractivity contribution >= 4 is 22.8 Å². The van der Waals surface area contributed by atoms with Crippen molar-refractivity contribution in [1.82, 2.24) is 4.98 Å². The smallest absolute Gasteiger partial charge is 0.329 e. The zero-order valence-electron chi connectivity index (χ0n) is 19.0. The maximum Gasteiger partial charge on any atom is 0.329 e. The van der Waals surface area contributed by atoms with Crippen LogP contribution in [0.2, 0.25) is 0 Å². The number of hydrogen-bond acceptors (Lipinski definition) is 7. The van der Waals surface area contributed by atoms with Crippen LogP contribution in [0, 0.1) is 16.0 Å². The van der Waals surface area contributed by atoms with E-state index in [1.165, 1.54) is 6.92 Å². The van der Waals surface area contributed by atoms with Crippen LogP contribution < -0.4 is 0 Å². The number of nitrogens with one attached hydrogen (secondary N) is 1. The van der Waals surface area contributed by atoms with Crippen LogP contribution in [-0.2, 0) is 24.5 Å². The standard InChI is InChI=1S/C23H30N2O7/c1-12(2)31-21(27)23(22(28)32-13(3)4)10-16(14(5)26)17(11-25(29)30)19-15-8-6-7-9-18(15)24-20(19)23/h6-9,12-14,16-17,24,26H,10-11H2,1-5H3. The van der Waals surface area contributed by atoms with E-state index < -0.39 is 59.0 Å². The Morgan fingerprint density at radius 2 is 1.72 bits per heavy atom. The van der Waals surface area contributed by atoms with Crippen molar-refractivity contribution in [3.63, 3.8) is 0 Å². The molecule has 2 N–H and O–H groups in total. The summed E-state index contributed by atoms with van der Waals surface area (Å²) < 4.78 is 11.0. The first kappa shape index (κ1) is 23.7. The highest BCUT2D eigenvalue weighted by Gasteiger charge is 2.60. The molecule has 0 aliphatic heterocycles. The maximum atomic E-state index is 13.5. The Labute approximate surface area is 186 Å². The highest BCUT2D eigenvalue weighted by molar-refractivity contribution is 6.08. The summed E-state index contributed by atoms with van der Waals surface area (Å²) in [7, 11) is 0. The zero-order valence-corrected chi connectivity index (χ0v) is 19.0. The molecule has 3 unspecified atom stereocenters. The van der Waals surface area contributed by atoms with Crippen LogP contribution in [0.3, 0.4) is 0 Å². The molecule has 2 aromatic rings. The van der Waals surface area contributed by atoms with E-state index in [4.69, 9.17) is 9.47 Å². The quantitative estimate of drug-likeness (QED) is 0.289. The number of aliphatic hydroxyl groups excluding tert-OH is 1. The molecule has 0 amide bonds. The van der Waals surface area contributed by atoms with Crippen molar-refractivity contribution in [3.8, 4) is 0 Å². The van der Waals surface area contributed by atoms with Crippen molar-refractivity contribution in [2.24, 2.45) is 5.92 Å². The molecule has 0 saturated heterocycles. The van der Waals surface area contributed by atoms with Crippen molar-refractivity contribution in [2.75, 3.05) is 6.54 Å². The first-order chi connectivity index (χ1) is 15.0. The Morgan fingerprint density at radius 1 is 1.16 bits per heavy atom. The van der Waals surface area contributed by atoms with Gasteiger partial charge in [-0.1, -0.05) is 18.2 Å². The summed E-state index contributed by atoms with van der Waals surface area (Å²) >= 11 is 0. The number of aliphatic hydroxyl groups is 1. The van der Waals surface area contributed by atoms with Gasteiger partial charge in [0.2, 0.25) is 12.0 Å². The number of aromatic amines is 1. The predicted molar refractivity (Wildman–Crippen MR) is 117 cm³/mol. The van der Waals surface area contributed by atoms with Crippen LogP contribution in [0.5, 0.6) is 0 Å². The summed E-state index contributed by atoms with van der Waals surface area (Å²) in [4.78, 5) is 41.4. The van der Waals surface area contributed by atoms with E-state index in [1.807, 2.05) is 0 Å². The average molecular weight is 447 g/mol. The Balaban J connectivity index is 2.37. The number of rotatable bonds is 7. The summed E-state index contributed by atoms with van der Waals surface area (Å²) in [6.07, 6.45) is -2.18. The number of carbonyl (C=O) groups excluding carboxylic acids is 2. The lowest BCUT2D eigenvalue weighted by atomic mass is 9.62. The van der Waals surface area contributed by atoms with Crippen molar-refractivity contribution in [1.29, 1.82) is 0 Å². The number of ether oxygens (including phenoxy) is 2. The topological polar surface area (TPSA) is 132 Å². The largest absolute Gasteiger partial charge is 0.462 e. The Hall–Kier alpha value is -2.94. The number of para-hydroxylation sites is 1. The third-order valence-electron chi connectivity index (χ3n) is 5.95. The minimum atomic E-state index is -1.88. The van der Waals surface area contributed by atoms with Gasteiger partial charge in [0, 0.05) is 21.5 Å². The van der Waals surface area contributed by atoms with Crippen molar-refractivity contribution in [3.05, 3.63) is 45.6 Å². The number of H-pyrrole nitrogens is 1. The van der Waals surface area contributed by atoms with E-state index in [0.29, 0.717) is 16.5 Å². The van der Waals surface area contributed by atoms with Crippen molar-refractivity contribution < 1.29 is 29.1 Å². The molecule has 3 rings (SSSR count). The first-order valence-electron chi connectivity index (χ1n) is 10.8.